The van der Waals surface area contributed by atoms with Crippen molar-refractivity contribution in [1.29, 1.82) is 0 Å². The van der Waals surface area contributed by atoms with Gasteiger partial charge in [-0.25, -0.2) is 0 Å². The predicted molar refractivity (Wildman–Crippen MR) is 74.6 cm³/mol. The number of phenols is 1. The van der Waals surface area contributed by atoms with Crippen LogP contribution in [0.15, 0.2) is 18.2 Å². The highest BCUT2D eigenvalue weighted by atomic mass is 16.5. The normalized spacial score (nSPS) is 26.2. The Balaban J connectivity index is 1.67. The Hall–Kier alpha value is -1.26. The lowest BCUT2D eigenvalue weighted by molar-refractivity contribution is 0.161. The average molecular weight is 262 g/mol. The zero-order valence-corrected chi connectivity index (χ0v) is 11.4. The number of rotatable bonds is 3. The average Bonchev–Trinajstić information content (AvgIpc) is 2.82. The molecule has 1 saturated heterocycles. The first-order valence-corrected chi connectivity index (χ1v) is 7.10. The number of piperidine rings is 1. The third-order valence-electron chi connectivity index (χ3n) is 4.23. The lowest BCUT2D eigenvalue weighted by Crippen LogP contribution is -2.38. The van der Waals surface area contributed by atoms with E-state index in [0.717, 1.165) is 31.3 Å². The van der Waals surface area contributed by atoms with Gasteiger partial charge in [0.15, 0.2) is 0 Å². The number of ether oxygens (including phenoxy) is 1. The van der Waals surface area contributed by atoms with Gasteiger partial charge in [0, 0.05) is 18.2 Å². The number of aromatic hydroxyl groups is 1. The van der Waals surface area contributed by atoms with Gasteiger partial charge in [0.05, 0.1) is 6.04 Å². The van der Waals surface area contributed by atoms with Gasteiger partial charge in [-0.1, -0.05) is 0 Å². The highest BCUT2D eigenvalue weighted by Crippen LogP contribution is 2.37. The maximum Gasteiger partial charge on any atom is 0.127 e. The molecule has 0 amide bonds. The number of fused-ring (bicyclic) bond motifs is 1. The SMILES string of the molecule is CN(CC1CCCNC1)C1COc2cc(O)ccc21. The van der Waals surface area contributed by atoms with Crippen molar-refractivity contribution in [3.8, 4) is 11.5 Å². The summed E-state index contributed by atoms with van der Waals surface area (Å²) in [5.74, 6) is 1.84. The molecule has 19 heavy (non-hydrogen) atoms. The fraction of sp³-hybridized carbons (Fsp3) is 0.600. The summed E-state index contributed by atoms with van der Waals surface area (Å²) in [4.78, 5) is 2.39. The summed E-state index contributed by atoms with van der Waals surface area (Å²) >= 11 is 0. The molecule has 2 heterocycles. The number of benzene rings is 1. The summed E-state index contributed by atoms with van der Waals surface area (Å²) in [5.41, 5.74) is 1.20. The molecule has 3 rings (SSSR count). The smallest absolute Gasteiger partial charge is 0.127 e. The van der Waals surface area contributed by atoms with Crippen molar-refractivity contribution in [3.05, 3.63) is 23.8 Å². The Morgan fingerprint density at radius 3 is 3.16 bits per heavy atom. The summed E-state index contributed by atoms with van der Waals surface area (Å²) in [6.07, 6.45) is 2.59. The maximum atomic E-state index is 9.48. The summed E-state index contributed by atoms with van der Waals surface area (Å²) in [6, 6.07) is 5.76. The van der Waals surface area contributed by atoms with Gasteiger partial charge in [-0.3, -0.25) is 4.90 Å². The van der Waals surface area contributed by atoms with E-state index in [-0.39, 0.29) is 5.75 Å². The first-order valence-electron chi connectivity index (χ1n) is 7.10. The van der Waals surface area contributed by atoms with Crippen LogP contribution in [0.5, 0.6) is 11.5 Å². The van der Waals surface area contributed by atoms with Crippen molar-refractivity contribution < 1.29 is 9.84 Å². The van der Waals surface area contributed by atoms with Crippen LogP contribution >= 0.6 is 0 Å². The van der Waals surface area contributed by atoms with Gasteiger partial charge in [-0.15, -0.1) is 0 Å². The van der Waals surface area contributed by atoms with Crippen LogP contribution in [0.1, 0.15) is 24.4 Å². The first-order chi connectivity index (χ1) is 9.24. The molecule has 1 aromatic carbocycles. The number of likely N-dealkylation sites (N-methyl/N-ethyl adjacent to an activating group) is 1. The summed E-state index contributed by atoms with van der Waals surface area (Å²) in [6.45, 7) is 4.08. The molecule has 4 heteroatoms. The number of hydrogen-bond donors (Lipinski definition) is 2. The van der Waals surface area contributed by atoms with Crippen LogP contribution in [0, 0.1) is 5.92 Å². The van der Waals surface area contributed by atoms with Crippen LogP contribution in [-0.2, 0) is 0 Å². The third kappa shape index (κ3) is 2.69. The molecular formula is C15H22N2O2. The Kier molecular flexibility index (Phi) is 3.62. The highest BCUT2D eigenvalue weighted by molar-refractivity contribution is 5.44. The van der Waals surface area contributed by atoms with Crippen molar-refractivity contribution in [2.75, 3.05) is 33.3 Å². The van der Waals surface area contributed by atoms with Gasteiger partial charge in [0.1, 0.15) is 18.1 Å². The lowest BCUT2D eigenvalue weighted by Gasteiger charge is -2.30. The monoisotopic (exact) mass is 262 g/mol. The molecule has 2 unspecified atom stereocenters. The van der Waals surface area contributed by atoms with Gasteiger partial charge < -0.3 is 15.2 Å². The molecule has 4 nitrogen and oxygen atoms in total. The summed E-state index contributed by atoms with van der Waals surface area (Å²) in [5, 5.41) is 12.9. The molecule has 1 aromatic rings. The second-order valence-electron chi connectivity index (χ2n) is 5.70. The molecule has 0 aliphatic carbocycles. The molecule has 0 bridgehead atoms. The van der Waals surface area contributed by atoms with E-state index < -0.39 is 0 Å². The van der Waals surface area contributed by atoms with Crippen LogP contribution in [0.25, 0.3) is 0 Å². The Labute approximate surface area is 114 Å². The number of nitrogens with one attached hydrogen (secondary N) is 1. The fourth-order valence-electron chi connectivity index (χ4n) is 3.16. The van der Waals surface area contributed by atoms with E-state index in [2.05, 4.69) is 17.3 Å². The van der Waals surface area contributed by atoms with Crippen LogP contribution in [0.3, 0.4) is 0 Å². The van der Waals surface area contributed by atoms with E-state index in [1.165, 1.54) is 18.4 Å². The van der Waals surface area contributed by atoms with Crippen LogP contribution in [0.2, 0.25) is 0 Å². The number of nitrogens with zero attached hydrogens (tertiary/aromatic N) is 1. The maximum absolute atomic E-state index is 9.48. The molecule has 2 aliphatic heterocycles. The van der Waals surface area contributed by atoms with Crippen LogP contribution < -0.4 is 10.1 Å². The molecule has 0 aromatic heterocycles. The van der Waals surface area contributed by atoms with Crippen molar-refractivity contribution in [2.45, 2.75) is 18.9 Å². The van der Waals surface area contributed by atoms with Crippen molar-refractivity contribution in [3.63, 3.8) is 0 Å². The summed E-state index contributed by atoms with van der Waals surface area (Å²) in [7, 11) is 2.17. The van der Waals surface area contributed by atoms with Crippen molar-refractivity contribution in [1.82, 2.24) is 10.2 Å². The van der Waals surface area contributed by atoms with Crippen LogP contribution in [0.4, 0.5) is 0 Å². The topological polar surface area (TPSA) is 44.7 Å². The van der Waals surface area contributed by atoms with Crippen molar-refractivity contribution >= 4 is 0 Å². The van der Waals surface area contributed by atoms with Gasteiger partial charge in [-0.05, 0) is 51.0 Å². The molecule has 2 aliphatic rings. The number of phenolic OH excluding ortho intramolecular Hbond substituents is 1. The highest BCUT2D eigenvalue weighted by Gasteiger charge is 2.29. The Morgan fingerprint density at radius 1 is 1.47 bits per heavy atom. The first kappa shape index (κ1) is 12.8. The molecule has 2 atom stereocenters. The quantitative estimate of drug-likeness (QED) is 0.871. The second kappa shape index (κ2) is 5.39. The lowest BCUT2D eigenvalue weighted by atomic mass is 9.98. The fourth-order valence-corrected chi connectivity index (χ4v) is 3.16. The molecular weight excluding hydrogens is 240 g/mol. The summed E-state index contributed by atoms with van der Waals surface area (Å²) < 4.78 is 5.68. The standard InChI is InChI=1S/C15H22N2O2/c1-17(9-11-3-2-6-16-8-11)14-10-19-15-7-12(18)4-5-13(14)15/h4-5,7,11,14,16,18H,2-3,6,8-10H2,1H3. The van der Waals surface area contributed by atoms with E-state index in [1.54, 1.807) is 12.1 Å². The van der Waals surface area contributed by atoms with Gasteiger partial charge in [-0.2, -0.15) is 0 Å². The van der Waals surface area contributed by atoms with E-state index in [9.17, 15) is 5.11 Å². The molecule has 0 radical (unpaired) electrons. The minimum absolute atomic E-state index is 0.276. The molecule has 2 N–H and O–H groups in total. The Bertz CT molecular complexity index is 444. The minimum atomic E-state index is 0.276. The molecule has 0 spiro atoms. The third-order valence-corrected chi connectivity index (χ3v) is 4.23. The van der Waals surface area contributed by atoms with Crippen molar-refractivity contribution in [2.24, 2.45) is 5.92 Å². The van der Waals surface area contributed by atoms with Gasteiger partial charge in [0.2, 0.25) is 0 Å². The zero-order chi connectivity index (χ0) is 13.2. The second-order valence-corrected chi connectivity index (χ2v) is 5.70. The minimum Gasteiger partial charge on any atom is -0.508 e. The Morgan fingerprint density at radius 2 is 2.37 bits per heavy atom. The molecule has 104 valence electrons. The largest absolute Gasteiger partial charge is 0.508 e. The zero-order valence-electron chi connectivity index (χ0n) is 11.4. The number of hydrogen-bond acceptors (Lipinski definition) is 4. The van der Waals surface area contributed by atoms with E-state index >= 15 is 0 Å². The van der Waals surface area contributed by atoms with Crippen LogP contribution in [-0.4, -0.2) is 43.3 Å². The van der Waals surface area contributed by atoms with Gasteiger partial charge >= 0.3 is 0 Å². The molecule has 0 saturated carbocycles. The van der Waals surface area contributed by atoms with E-state index in [4.69, 9.17) is 4.74 Å². The predicted octanol–water partition coefficient (Wildman–Crippen LogP) is 1.76. The van der Waals surface area contributed by atoms with E-state index in [0.29, 0.717) is 12.6 Å². The van der Waals surface area contributed by atoms with E-state index in [1.807, 2.05) is 6.07 Å². The van der Waals surface area contributed by atoms with Gasteiger partial charge in [0.25, 0.3) is 0 Å². The molecule has 1 fully saturated rings.